The average Bonchev–Trinajstić information content (AvgIpc) is 3.04. The second-order valence-electron chi connectivity index (χ2n) is 11.8. The Balaban J connectivity index is 1.26. The maximum Gasteiger partial charge on any atom is 0.201 e. The molecule has 0 aromatic carbocycles. The third-order valence-corrected chi connectivity index (χ3v) is 9.22. The molecule has 2 bridgehead atoms. The second kappa shape index (κ2) is 9.18. The molecule has 6 rings (SSSR count). The van der Waals surface area contributed by atoms with Gasteiger partial charge in [0.1, 0.15) is 0 Å². The van der Waals surface area contributed by atoms with Crippen molar-refractivity contribution in [1.82, 2.24) is 0 Å². The molecule has 4 saturated heterocycles. The van der Waals surface area contributed by atoms with E-state index in [1.807, 2.05) is 20.8 Å². The molecule has 35 heavy (non-hydrogen) atoms. The number of rotatable bonds is 6. The zero-order valence-electron chi connectivity index (χ0n) is 21.9. The molecule has 0 radical (unpaired) electrons. The molecule has 8 atom stereocenters. The van der Waals surface area contributed by atoms with Gasteiger partial charge >= 0.3 is 0 Å². The first-order chi connectivity index (χ1) is 16.6. The van der Waals surface area contributed by atoms with Gasteiger partial charge in [-0.05, 0) is 69.8 Å². The molecule has 1 unspecified atom stereocenters. The van der Waals surface area contributed by atoms with Crippen molar-refractivity contribution in [2.24, 2.45) is 29.6 Å². The quantitative estimate of drug-likeness (QED) is 0.294. The highest BCUT2D eigenvalue weighted by Crippen LogP contribution is 2.60. The van der Waals surface area contributed by atoms with Crippen LogP contribution in [0.25, 0.3) is 0 Å². The van der Waals surface area contributed by atoms with Crippen LogP contribution >= 0.6 is 0 Å². The van der Waals surface area contributed by atoms with E-state index >= 15 is 0 Å². The van der Waals surface area contributed by atoms with Gasteiger partial charge in [-0.2, -0.15) is 0 Å². The summed E-state index contributed by atoms with van der Waals surface area (Å²) in [6.45, 7) is 12.5. The van der Waals surface area contributed by atoms with Gasteiger partial charge in [-0.25, -0.2) is 9.78 Å². The van der Waals surface area contributed by atoms with E-state index in [0.717, 1.165) is 25.7 Å². The molecule has 0 amide bonds. The zero-order chi connectivity index (χ0) is 25.1. The summed E-state index contributed by atoms with van der Waals surface area (Å²) in [5.41, 5.74) is 1.18. The SMILES string of the molecule is CC1=C(CCCOC2O[C@@H]3O[C@@]4(C)CC[C@H]5[C@H](C)CC[C@@H]([C@H]2C)[C@@]35OO4)C(=O)C(C(C)C)=CC1=O. The summed E-state index contributed by atoms with van der Waals surface area (Å²) in [5.74, 6) is 0.343. The van der Waals surface area contributed by atoms with Crippen LogP contribution in [0.1, 0.15) is 80.1 Å². The Bertz CT molecular complexity index is 951. The smallest absolute Gasteiger partial charge is 0.201 e. The lowest BCUT2D eigenvalue weighted by atomic mass is 9.58. The van der Waals surface area contributed by atoms with E-state index < -0.39 is 24.0 Å². The van der Waals surface area contributed by atoms with Crippen LogP contribution in [0, 0.1) is 29.6 Å². The van der Waals surface area contributed by atoms with Gasteiger partial charge in [0.15, 0.2) is 29.7 Å². The Labute approximate surface area is 208 Å². The van der Waals surface area contributed by atoms with E-state index in [2.05, 4.69) is 13.8 Å². The largest absolute Gasteiger partial charge is 0.352 e. The summed E-state index contributed by atoms with van der Waals surface area (Å²) >= 11 is 0. The Hall–Kier alpha value is -1.38. The lowest BCUT2D eigenvalue weighted by Crippen LogP contribution is -2.70. The van der Waals surface area contributed by atoms with Crippen molar-refractivity contribution in [2.75, 3.05) is 6.61 Å². The van der Waals surface area contributed by atoms with Crippen molar-refractivity contribution in [3.8, 4) is 0 Å². The van der Waals surface area contributed by atoms with Gasteiger partial charge in [-0.1, -0.05) is 27.7 Å². The monoisotopic (exact) mass is 488 g/mol. The summed E-state index contributed by atoms with van der Waals surface area (Å²) in [4.78, 5) is 37.4. The highest BCUT2D eigenvalue weighted by molar-refractivity contribution is 6.22. The Kier molecular flexibility index (Phi) is 6.63. The fraction of sp³-hybridized carbons (Fsp3) is 0.786. The van der Waals surface area contributed by atoms with Crippen molar-refractivity contribution in [3.63, 3.8) is 0 Å². The lowest BCUT2D eigenvalue weighted by Gasteiger charge is -2.60. The van der Waals surface area contributed by atoms with Gasteiger partial charge in [-0.15, -0.1) is 0 Å². The number of fused-ring (bicyclic) bond motifs is 2. The fourth-order valence-corrected chi connectivity index (χ4v) is 7.05. The molecule has 2 aliphatic carbocycles. The normalized spacial score (nSPS) is 43.3. The number of carbonyl (C=O) groups is 2. The number of allylic oxidation sites excluding steroid dienone is 4. The van der Waals surface area contributed by atoms with E-state index in [1.165, 1.54) is 6.08 Å². The molecule has 4 aliphatic heterocycles. The molecule has 194 valence electrons. The summed E-state index contributed by atoms with van der Waals surface area (Å²) < 4.78 is 19.1. The van der Waals surface area contributed by atoms with E-state index in [1.54, 1.807) is 6.92 Å². The predicted octanol–water partition coefficient (Wildman–Crippen LogP) is 5.04. The van der Waals surface area contributed by atoms with Crippen molar-refractivity contribution in [3.05, 3.63) is 22.8 Å². The van der Waals surface area contributed by atoms with Crippen LogP contribution in [0.2, 0.25) is 0 Å². The topological polar surface area (TPSA) is 80.3 Å². The number of ketones is 2. The fourth-order valence-electron chi connectivity index (χ4n) is 7.05. The number of hydrogen-bond acceptors (Lipinski definition) is 7. The van der Waals surface area contributed by atoms with Crippen LogP contribution in [0.4, 0.5) is 0 Å². The zero-order valence-corrected chi connectivity index (χ0v) is 21.9. The maximum absolute atomic E-state index is 12.9. The van der Waals surface area contributed by atoms with Crippen LogP contribution in [0.3, 0.4) is 0 Å². The van der Waals surface area contributed by atoms with Crippen LogP contribution in [-0.4, -0.2) is 42.1 Å². The number of ether oxygens (including phenoxy) is 3. The number of hydrogen-bond donors (Lipinski definition) is 0. The average molecular weight is 489 g/mol. The Morgan fingerprint density at radius 2 is 1.89 bits per heavy atom. The molecule has 7 heteroatoms. The van der Waals surface area contributed by atoms with Gasteiger partial charge < -0.3 is 14.2 Å². The molecule has 1 spiro atoms. The minimum atomic E-state index is -0.803. The molecule has 0 aromatic heterocycles. The van der Waals surface area contributed by atoms with E-state index in [-0.39, 0.29) is 29.3 Å². The van der Waals surface area contributed by atoms with Crippen LogP contribution in [0.15, 0.2) is 22.8 Å². The summed E-state index contributed by atoms with van der Waals surface area (Å²) in [6, 6.07) is 0. The third kappa shape index (κ3) is 4.08. The number of Topliss-reactive ketones (excluding diaryl/α,β-unsaturated/α-hetero) is 1. The minimum absolute atomic E-state index is 0.00281. The van der Waals surface area contributed by atoms with Crippen LogP contribution in [0.5, 0.6) is 0 Å². The second-order valence-corrected chi connectivity index (χ2v) is 11.8. The first-order valence-corrected chi connectivity index (χ1v) is 13.4. The highest BCUT2D eigenvalue weighted by Gasteiger charge is 2.69. The summed E-state index contributed by atoms with van der Waals surface area (Å²) in [7, 11) is 0. The lowest BCUT2D eigenvalue weighted by molar-refractivity contribution is -0.577. The first-order valence-electron chi connectivity index (χ1n) is 13.4. The van der Waals surface area contributed by atoms with Gasteiger partial charge in [0.2, 0.25) is 5.79 Å². The van der Waals surface area contributed by atoms with Gasteiger partial charge in [-0.3, -0.25) is 9.59 Å². The minimum Gasteiger partial charge on any atom is -0.352 e. The van der Waals surface area contributed by atoms with E-state index in [0.29, 0.717) is 48.0 Å². The Morgan fingerprint density at radius 3 is 2.63 bits per heavy atom. The molecular formula is C28H40O7. The first kappa shape index (κ1) is 25.3. The molecule has 0 N–H and O–H groups in total. The molecule has 7 nitrogen and oxygen atoms in total. The number of carbonyl (C=O) groups excluding carboxylic acids is 2. The summed E-state index contributed by atoms with van der Waals surface area (Å²) in [6.07, 6.45) is 5.67. The summed E-state index contributed by atoms with van der Waals surface area (Å²) in [5, 5.41) is 0. The highest BCUT2D eigenvalue weighted by atomic mass is 17.3. The van der Waals surface area contributed by atoms with Crippen LogP contribution in [-0.2, 0) is 33.6 Å². The van der Waals surface area contributed by atoms with Crippen LogP contribution < -0.4 is 0 Å². The van der Waals surface area contributed by atoms with Crippen molar-refractivity contribution < 1.29 is 33.6 Å². The predicted molar refractivity (Wildman–Crippen MR) is 128 cm³/mol. The van der Waals surface area contributed by atoms with Gasteiger partial charge in [0.05, 0.1) is 6.61 Å². The van der Waals surface area contributed by atoms with Gasteiger partial charge in [0.25, 0.3) is 0 Å². The van der Waals surface area contributed by atoms with Crippen molar-refractivity contribution in [1.29, 1.82) is 0 Å². The van der Waals surface area contributed by atoms with Crippen molar-refractivity contribution >= 4 is 11.6 Å². The molecule has 0 aromatic rings. The third-order valence-electron chi connectivity index (χ3n) is 9.22. The molecule has 4 heterocycles. The van der Waals surface area contributed by atoms with E-state index in [4.69, 9.17) is 24.0 Å². The standard InChI is InChI=1S/C28H40O7/c1-15(2)20-14-23(29)17(4)19(24(20)30)8-7-13-31-25-18(5)22-10-9-16(3)21-11-12-27(6)33-26(32-25)28(21,22)35-34-27/h14-16,18,21-22,25-26H,7-13H2,1-6H3/t16-,18-,21+,22+,25?,26-,27-,28-/m1/s1. The van der Waals surface area contributed by atoms with E-state index in [9.17, 15) is 9.59 Å². The Morgan fingerprint density at radius 1 is 1.11 bits per heavy atom. The molecule has 6 aliphatic rings. The van der Waals surface area contributed by atoms with Crippen molar-refractivity contribution in [2.45, 2.75) is 104 Å². The molecule has 5 fully saturated rings. The maximum atomic E-state index is 12.9. The molecular weight excluding hydrogens is 448 g/mol. The molecule has 1 saturated carbocycles. The van der Waals surface area contributed by atoms with Gasteiger partial charge in [0, 0.05) is 35.0 Å².